The Morgan fingerprint density at radius 1 is 1.17 bits per heavy atom. The minimum atomic E-state index is -0.328. The molecule has 0 N–H and O–H groups in total. The monoisotopic (exact) mass is 440 g/mol. The van der Waals surface area contributed by atoms with Crippen molar-refractivity contribution in [3.63, 3.8) is 0 Å². The zero-order valence-corrected chi connectivity index (χ0v) is 17.9. The number of thioether (sulfide) groups is 1. The van der Waals surface area contributed by atoms with Crippen LogP contribution in [0.1, 0.15) is 18.2 Å². The van der Waals surface area contributed by atoms with E-state index in [0.717, 1.165) is 11.1 Å². The average Bonchev–Trinajstić information content (AvgIpc) is 3.30. The SMILES string of the molecule is CCN1C(=O)/C(=C\c2ccc(-c3cc(Cl)ccc3C)o2)SC1=Nc1ccc(F)cc1. The first-order valence-electron chi connectivity index (χ1n) is 9.36. The number of halogens is 2. The molecule has 0 radical (unpaired) electrons. The van der Waals surface area contributed by atoms with Gasteiger partial charge in [0.05, 0.1) is 10.6 Å². The summed E-state index contributed by atoms with van der Waals surface area (Å²) >= 11 is 7.38. The van der Waals surface area contributed by atoms with Crippen molar-refractivity contribution in [3.8, 4) is 11.3 Å². The Morgan fingerprint density at radius 2 is 1.93 bits per heavy atom. The van der Waals surface area contributed by atoms with Crippen molar-refractivity contribution < 1.29 is 13.6 Å². The number of carbonyl (C=O) groups is 1. The summed E-state index contributed by atoms with van der Waals surface area (Å²) in [6.45, 7) is 4.35. The molecule has 3 aromatic rings. The number of aliphatic imine (C=N–C) groups is 1. The fraction of sp³-hybridized carbons (Fsp3) is 0.130. The number of benzene rings is 2. The van der Waals surface area contributed by atoms with E-state index in [4.69, 9.17) is 16.0 Å². The minimum absolute atomic E-state index is 0.139. The molecule has 0 atom stereocenters. The van der Waals surface area contributed by atoms with Crippen LogP contribution in [0.25, 0.3) is 17.4 Å². The summed E-state index contributed by atoms with van der Waals surface area (Å²) < 4.78 is 19.1. The van der Waals surface area contributed by atoms with Gasteiger partial charge in [-0.05, 0) is 79.7 Å². The standard InChI is InChI=1S/C23H18ClFN2O2S/c1-3-27-22(28)21(30-23(27)26-17-8-6-16(25)7-9-17)13-18-10-11-20(29-18)19-12-15(24)5-4-14(19)2/h4-13H,3H2,1-2H3/b21-13+,26-23?. The Hall–Kier alpha value is -2.83. The summed E-state index contributed by atoms with van der Waals surface area (Å²) in [5, 5.41) is 1.19. The Kier molecular flexibility index (Phi) is 5.79. The van der Waals surface area contributed by atoms with E-state index in [1.165, 1.54) is 23.9 Å². The van der Waals surface area contributed by atoms with Gasteiger partial charge in [0.1, 0.15) is 17.3 Å². The van der Waals surface area contributed by atoms with E-state index in [2.05, 4.69) is 4.99 Å². The first-order valence-corrected chi connectivity index (χ1v) is 10.6. The van der Waals surface area contributed by atoms with E-state index in [-0.39, 0.29) is 11.7 Å². The molecule has 7 heteroatoms. The Bertz CT molecular complexity index is 1170. The highest BCUT2D eigenvalue weighted by atomic mass is 35.5. The maximum Gasteiger partial charge on any atom is 0.266 e. The summed E-state index contributed by atoms with van der Waals surface area (Å²) in [6.07, 6.45) is 1.71. The molecular weight excluding hydrogens is 423 g/mol. The van der Waals surface area contributed by atoms with Crippen LogP contribution in [0.2, 0.25) is 5.02 Å². The predicted molar refractivity (Wildman–Crippen MR) is 120 cm³/mol. The summed E-state index contributed by atoms with van der Waals surface area (Å²) in [4.78, 5) is 19.4. The van der Waals surface area contributed by atoms with Crippen LogP contribution in [0.5, 0.6) is 0 Å². The van der Waals surface area contributed by atoms with Crippen LogP contribution >= 0.6 is 23.4 Å². The normalized spacial score (nSPS) is 16.8. The van der Waals surface area contributed by atoms with Crippen molar-refractivity contribution in [3.05, 3.63) is 81.7 Å². The van der Waals surface area contributed by atoms with Gasteiger partial charge in [-0.15, -0.1) is 0 Å². The Balaban J connectivity index is 1.63. The highest BCUT2D eigenvalue weighted by Gasteiger charge is 2.32. The number of carbonyl (C=O) groups excluding carboxylic acids is 1. The van der Waals surface area contributed by atoms with Crippen molar-refractivity contribution >= 4 is 46.2 Å². The summed E-state index contributed by atoms with van der Waals surface area (Å²) in [5.74, 6) is 0.787. The minimum Gasteiger partial charge on any atom is -0.457 e. The molecule has 0 bridgehead atoms. The fourth-order valence-electron chi connectivity index (χ4n) is 3.06. The second-order valence-electron chi connectivity index (χ2n) is 6.69. The number of hydrogen-bond acceptors (Lipinski definition) is 4. The molecule has 2 heterocycles. The molecule has 1 aliphatic rings. The van der Waals surface area contributed by atoms with Crippen molar-refractivity contribution in [2.45, 2.75) is 13.8 Å². The molecule has 0 saturated carbocycles. The second kappa shape index (κ2) is 8.50. The molecule has 0 spiro atoms. The van der Waals surface area contributed by atoms with Gasteiger partial charge in [0.15, 0.2) is 5.17 Å². The molecule has 1 aromatic heterocycles. The lowest BCUT2D eigenvalue weighted by atomic mass is 10.1. The number of nitrogens with zero attached hydrogens (tertiary/aromatic N) is 2. The van der Waals surface area contributed by atoms with E-state index in [0.29, 0.717) is 38.8 Å². The van der Waals surface area contributed by atoms with Crippen LogP contribution in [-0.4, -0.2) is 22.5 Å². The summed E-state index contributed by atoms with van der Waals surface area (Å²) in [5.41, 5.74) is 2.54. The second-order valence-corrected chi connectivity index (χ2v) is 8.14. The Morgan fingerprint density at radius 3 is 2.67 bits per heavy atom. The highest BCUT2D eigenvalue weighted by Crippen LogP contribution is 2.35. The highest BCUT2D eigenvalue weighted by molar-refractivity contribution is 8.18. The third-order valence-corrected chi connectivity index (χ3v) is 5.86. The lowest BCUT2D eigenvalue weighted by Crippen LogP contribution is -2.28. The molecule has 1 fully saturated rings. The molecule has 30 heavy (non-hydrogen) atoms. The van der Waals surface area contributed by atoms with Crippen LogP contribution in [0.3, 0.4) is 0 Å². The number of likely N-dealkylation sites (N-methyl/N-ethyl adjacent to an activating group) is 1. The molecule has 2 aromatic carbocycles. The van der Waals surface area contributed by atoms with E-state index < -0.39 is 0 Å². The number of amidine groups is 1. The largest absolute Gasteiger partial charge is 0.457 e. The van der Waals surface area contributed by atoms with Crippen molar-refractivity contribution in [1.82, 2.24) is 4.90 Å². The fourth-order valence-corrected chi connectivity index (χ4v) is 4.27. The van der Waals surface area contributed by atoms with Crippen LogP contribution in [0.4, 0.5) is 10.1 Å². The van der Waals surface area contributed by atoms with Gasteiger partial charge in [0.2, 0.25) is 0 Å². The topological polar surface area (TPSA) is 45.8 Å². The first kappa shape index (κ1) is 20.4. The zero-order valence-electron chi connectivity index (χ0n) is 16.4. The number of hydrogen-bond donors (Lipinski definition) is 0. The number of rotatable bonds is 4. The van der Waals surface area contributed by atoms with Gasteiger partial charge in [0.25, 0.3) is 5.91 Å². The van der Waals surface area contributed by atoms with Crippen LogP contribution in [-0.2, 0) is 4.79 Å². The molecular formula is C23H18ClFN2O2S. The number of furan rings is 1. The molecule has 4 nitrogen and oxygen atoms in total. The molecule has 1 aliphatic heterocycles. The van der Waals surface area contributed by atoms with Crippen molar-refractivity contribution in [2.75, 3.05) is 6.54 Å². The van der Waals surface area contributed by atoms with Crippen molar-refractivity contribution in [2.24, 2.45) is 4.99 Å². The average molecular weight is 441 g/mol. The molecule has 1 saturated heterocycles. The van der Waals surface area contributed by atoms with Crippen LogP contribution in [0.15, 0.2) is 68.9 Å². The van der Waals surface area contributed by atoms with E-state index in [1.807, 2.05) is 44.2 Å². The zero-order chi connectivity index (χ0) is 21.3. The van der Waals surface area contributed by atoms with Crippen LogP contribution < -0.4 is 0 Å². The first-order chi connectivity index (χ1) is 14.4. The Labute approximate surface area is 183 Å². The number of aryl methyl sites for hydroxylation is 1. The lowest BCUT2D eigenvalue weighted by molar-refractivity contribution is -0.122. The maximum atomic E-state index is 13.1. The molecule has 152 valence electrons. The van der Waals surface area contributed by atoms with Gasteiger partial charge < -0.3 is 4.42 Å². The predicted octanol–water partition coefficient (Wildman–Crippen LogP) is 6.67. The summed E-state index contributed by atoms with van der Waals surface area (Å²) in [6, 6.07) is 15.2. The molecule has 0 aliphatic carbocycles. The maximum absolute atomic E-state index is 13.1. The molecule has 0 unspecified atom stereocenters. The van der Waals surface area contributed by atoms with Gasteiger partial charge in [0, 0.05) is 23.2 Å². The molecule has 4 rings (SSSR count). The van der Waals surface area contributed by atoms with E-state index >= 15 is 0 Å². The van der Waals surface area contributed by atoms with E-state index in [1.54, 1.807) is 23.1 Å². The smallest absolute Gasteiger partial charge is 0.266 e. The van der Waals surface area contributed by atoms with Gasteiger partial charge in [-0.25, -0.2) is 9.38 Å². The number of amides is 1. The quantitative estimate of drug-likeness (QED) is 0.425. The van der Waals surface area contributed by atoms with Gasteiger partial charge in [-0.2, -0.15) is 0 Å². The lowest BCUT2D eigenvalue weighted by Gasteiger charge is -2.11. The van der Waals surface area contributed by atoms with Gasteiger partial charge in [-0.3, -0.25) is 9.69 Å². The molecule has 1 amide bonds. The van der Waals surface area contributed by atoms with Crippen molar-refractivity contribution in [1.29, 1.82) is 0 Å². The van der Waals surface area contributed by atoms with Crippen LogP contribution in [0, 0.1) is 12.7 Å². The third-order valence-electron chi connectivity index (χ3n) is 4.62. The van der Waals surface area contributed by atoms with Gasteiger partial charge in [-0.1, -0.05) is 17.7 Å². The summed E-state index contributed by atoms with van der Waals surface area (Å²) in [7, 11) is 0. The third kappa shape index (κ3) is 4.20. The van der Waals surface area contributed by atoms with Gasteiger partial charge >= 0.3 is 0 Å². The van der Waals surface area contributed by atoms with E-state index in [9.17, 15) is 9.18 Å².